The van der Waals surface area contributed by atoms with Crippen LogP contribution in [0.2, 0.25) is 0 Å². The third kappa shape index (κ3) is 8.48. The van der Waals surface area contributed by atoms with Crippen molar-refractivity contribution in [3.63, 3.8) is 0 Å². The van der Waals surface area contributed by atoms with Gasteiger partial charge in [-0.3, -0.25) is 4.90 Å². The van der Waals surface area contributed by atoms with E-state index in [1.807, 2.05) is 6.08 Å². The minimum atomic E-state index is 1.02. The van der Waals surface area contributed by atoms with Gasteiger partial charge in [0.25, 0.3) is 0 Å². The summed E-state index contributed by atoms with van der Waals surface area (Å²) in [7, 11) is 0. The van der Waals surface area contributed by atoms with Gasteiger partial charge in [0.05, 0.1) is 0 Å². The molecule has 4 heteroatoms. The van der Waals surface area contributed by atoms with Gasteiger partial charge in [-0.15, -0.1) is 0 Å². The molecular weight excluding hydrogens is 248 g/mol. The van der Waals surface area contributed by atoms with Crippen LogP contribution in [0, 0.1) is 0 Å². The number of allylic oxidation sites excluding steroid dienone is 1. The number of nitrogens with zero attached hydrogens (tertiary/aromatic N) is 1. The van der Waals surface area contributed by atoms with Crippen molar-refractivity contribution in [2.75, 3.05) is 58.9 Å². The molecule has 1 rings (SSSR count). The average Bonchev–Trinajstić information content (AvgIpc) is 2.48. The molecule has 1 aliphatic heterocycles. The van der Waals surface area contributed by atoms with Crippen LogP contribution in [0.4, 0.5) is 0 Å². The maximum Gasteiger partial charge on any atom is 0.0230 e. The van der Waals surface area contributed by atoms with Gasteiger partial charge >= 0.3 is 0 Å². The van der Waals surface area contributed by atoms with Crippen LogP contribution in [0.5, 0.6) is 0 Å². The molecule has 1 aliphatic rings. The number of rotatable bonds is 3. The molecule has 0 radical (unpaired) electrons. The Balaban J connectivity index is 2.37. The predicted molar refractivity (Wildman–Crippen MR) is 88.2 cm³/mol. The predicted octanol–water partition coefficient (Wildman–Crippen LogP) is 0.983. The van der Waals surface area contributed by atoms with Crippen LogP contribution in [-0.2, 0) is 0 Å². The van der Waals surface area contributed by atoms with Crippen LogP contribution >= 0.6 is 0 Å². The second-order valence-electron chi connectivity index (χ2n) is 5.30. The Morgan fingerprint density at radius 1 is 0.950 bits per heavy atom. The second-order valence-corrected chi connectivity index (χ2v) is 5.30. The molecule has 1 heterocycles. The van der Waals surface area contributed by atoms with E-state index in [0.29, 0.717) is 0 Å². The summed E-state index contributed by atoms with van der Waals surface area (Å²) in [6, 6.07) is 0. The fourth-order valence-corrected chi connectivity index (χ4v) is 2.36. The largest absolute Gasteiger partial charge is 0.315 e. The molecule has 0 amide bonds. The van der Waals surface area contributed by atoms with Crippen LogP contribution in [0.15, 0.2) is 24.3 Å². The lowest BCUT2D eigenvalue weighted by Crippen LogP contribution is -2.37. The second kappa shape index (κ2) is 12.1. The highest BCUT2D eigenvalue weighted by Gasteiger charge is 2.06. The van der Waals surface area contributed by atoms with Gasteiger partial charge in [-0.2, -0.15) is 0 Å². The lowest BCUT2D eigenvalue weighted by atomic mass is 10.2. The summed E-state index contributed by atoms with van der Waals surface area (Å²) in [5.41, 5.74) is 1.32. The highest BCUT2D eigenvalue weighted by Crippen LogP contribution is 2.01. The summed E-state index contributed by atoms with van der Waals surface area (Å²) in [6.45, 7) is 15.8. The van der Waals surface area contributed by atoms with E-state index in [-0.39, 0.29) is 0 Å². The van der Waals surface area contributed by atoms with E-state index in [1.54, 1.807) is 0 Å². The molecule has 1 fully saturated rings. The Bertz CT molecular complexity index is 262. The van der Waals surface area contributed by atoms with Crippen molar-refractivity contribution in [2.45, 2.75) is 19.8 Å². The molecule has 0 saturated carbocycles. The zero-order chi connectivity index (χ0) is 14.5. The van der Waals surface area contributed by atoms with Crippen molar-refractivity contribution >= 4 is 0 Å². The van der Waals surface area contributed by atoms with E-state index in [1.165, 1.54) is 18.4 Å². The first-order valence-corrected chi connectivity index (χ1v) is 7.99. The monoisotopic (exact) mass is 280 g/mol. The first kappa shape index (κ1) is 17.4. The molecule has 1 saturated heterocycles. The molecule has 0 atom stereocenters. The van der Waals surface area contributed by atoms with E-state index in [0.717, 1.165) is 58.9 Å². The highest BCUT2D eigenvalue weighted by atomic mass is 15.1. The van der Waals surface area contributed by atoms with E-state index in [2.05, 4.69) is 40.4 Å². The third-order valence-electron chi connectivity index (χ3n) is 3.66. The summed E-state index contributed by atoms with van der Waals surface area (Å²) in [4.78, 5) is 2.52. The van der Waals surface area contributed by atoms with Crippen molar-refractivity contribution in [1.29, 1.82) is 0 Å². The van der Waals surface area contributed by atoms with Crippen LogP contribution in [0.25, 0.3) is 0 Å². The maximum absolute atomic E-state index is 3.89. The first-order chi connectivity index (χ1) is 9.86. The molecule has 0 aromatic heterocycles. The number of nitrogens with one attached hydrogen (secondary N) is 3. The quantitative estimate of drug-likeness (QED) is 0.674. The van der Waals surface area contributed by atoms with E-state index < -0.39 is 0 Å². The molecule has 0 spiro atoms. The molecule has 0 bridgehead atoms. The van der Waals surface area contributed by atoms with Gasteiger partial charge in [0.1, 0.15) is 0 Å². The Morgan fingerprint density at radius 2 is 1.60 bits per heavy atom. The van der Waals surface area contributed by atoms with E-state index in [9.17, 15) is 0 Å². The Labute approximate surface area is 124 Å². The first-order valence-electron chi connectivity index (χ1n) is 7.99. The molecule has 20 heavy (non-hydrogen) atoms. The topological polar surface area (TPSA) is 39.3 Å². The summed E-state index contributed by atoms with van der Waals surface area (Å²) in [5.74, 6) is 0. The zero-order valence-corrected chi connectivity index (χ0v) is 13.1. The smallest absolute Gasteiger partial charge is 0.0230 e. The third-order valence-corrected chi connectivity index (χ3v) is 3.66. The van der Waals surface area contributed by atoms with Gasteiger partial charge in [-0.05, 0) is 51.5 Å². The molecule has 0 unspecified atom stereocenters. The van der Waals surface area contributed by atoms with Gasteiger partial charge in [-0.1, -0.05) is 18.7 Å². The van der Waals surface area contributed by atoms with Gasteiger partial charge in [-0.25, -0.2) is 0 Å². The summed E-state index contributed by atoms with van der Waals surface area (Å²) >= 11 is 0. The normalized spacial score (nSPS) is 22.1. The molecule has 0 aromatic carbocycles. The lowest BCUT2D eigenvalue weighted by molar-refractivity contribution is 0.290. The fourth-order valence-electron chi connectivity index (χ4n) is 2.36. The van der Waals surface area contributed by atoms with Crippen molar-refractivity contribution < 1.29 is 0 Å². The van der Waals surface area contributed by atoms with Crippen molar-refractivity contribution in [3.8, 4) is 0 Å². The standard InChI is InChI=1S/C16H32N4/c1-3-16(4-2)15-20-13-6-9-18-11-10-17-7-5-8-19-12-14-20/h3-4,17-19H,1,5-15H2,2H3. The molecular formula is C16H32N4. The van der Waals surface area contributed by atoms with Gasteiger partial charge in [0.2, 0.25) is 0 Å². The minimum absolute atomic E-state index is 1.02. The van der Waals surface area contributed by atoms with Crippen molar-refractivity contribution in [1.82, 2.24) is 20.9 Å². The van der Waals surface area contributed by atoms with E-state index >= 15 is 0 Å². The molecule has 0 aliphatic carbocycles. The van der Waals surface area contributed by atoms with Crippen molar-refractivity contribution in [3.05, 3.63) is 24.3 Å². The molecule has 4 nitrogen and oxygen atoms in total. The summed E-state index contributed by atoms with van der Waals surface area (Å²) in [5, 5.41) is 10.5. The Hall–Kier alpha value is -0.680. The number of hydrogen-bond acceptors (Lipinski definition) is 4. The Kier molecular flexibility index (Phi) is 10.5. The van der Waals surface area contributed by atoms with Crippen LogP contribution in [0.3, 0.4) is 0 Å². The summed E-state index contributed by atoms with van der Waals surface area (Å²) < 4.78 is 0. The maximum atomic E-state index is 3.89. The SMILES string of the molecule is C=CC(=CC)CN1CCCNCCNCCCNCC1. The average molecular weight is 280 g/mol. The highest BCUT2D eigenvalue weighted by molar-refractivity contribution is 5.16. The Morgan fingerprint density at radius 3 is 2.25 bits per heavy atom. The minimum Gasteiger partial charge on any atom is -0.315 e. The van der Waals surface area contributed by atoms with Gasteiger partial charge in [0.15, 0.2) is 0 Å². The van der Waals surface area contributed by atoms with E-state index in [4.69, 9.17) is 0 Å². The van der Waals surface area contributed by atoms with Gasteiger partial charge < -0.3 is 16.0 Å². The van der Waals surface area contributed by atoms with Gasteiger partial charge in [0, 0.05) is 32.7 Å². The lowest BCUT2D eigenvalue weighted by Gasteiger charge is -2.23. The van der Waals surface area contributed by atoms with Crippen LogP contribution in [0.1, 0.15) is 19.8 Å². The van der Waals surface area contributed by atoms with Crippen molar-refractivity contribution in [2.24, 2.45) is 0 Å². The fraction of sp³-hybridized carbons (Fsp3) is 0.750. The van der Waals surface area contributed by atoms with Crippen LogP contribution < -0.4 is 16.0 Å². The summed E-state index contributed by atoms with van der Waals surface area (Å²) in [6.07, 6.45) is 6.54. The van der Waals surface area contributed by atoms with Crippen LogP contribution in [-0.4, -0.2) is 63.8 Å². The molecule has 3 N–H and O–H groups in total. The number of hydrogen-bond donors (Lipinski definition) is 3. The molecule has 0 aromatic rings. The molecule has 116 valence electrons. The zero-order valence-electron chi connectivity index (χ0n) is 13.1.